The van der Waals surface area contributed by atoms with Gasteiger partial charge < -0.3 is 16.0 Å². The highest BCUT2D eigenvalue weighted by atomic mass is 35.5. The number of carbonyl (C=O) groups is 1. The second-order valence-electron chi connectivity index (χ2n) is 6.11. The first-order valence-corrected chi connectivity index (χ1v) is 9.19. The summed E-state index contributed by atoms with van der Waals surface area (Å²) in [5.41, 5.74) is 3.51. The number of nitrogens with one attached hydrogen (secondary N) is 3. The highest BCUT2D eigenvalue weighted by Gasteiger charge is 2.29. The van der Waals surface area contributed by atoms with Gasteiger partial charge in [0.15, 0.2) is 5.11 Å². The molecule has 0 saturated carbocycles. The van der Waals surface area contributed by atoms with Gasteiger partial charge in [-0.2, -0.15) is 0 Å². The number of benzene rings is 2. The van der Waals surface area contributed by atoms with Crippen LogP contribution < -0.4 is 16.0 Å². The van der Waals surface area contributed by atoms with Crippen LogP contribution in [-0.2, 0) is 11.2 Å². The molecule has 1 amide bonds. The second kappa shape index (κ2) is 8.34. The van der Waals surface area contributed by atoms with Gasteiger partial charge in [0, 0.05) is 17.3 Å². The molecule has 0 radical (unpaired) electrons. The van der Waals surface area contributed by atoms with Crippen molar-refractivity contribution in [2.24, 2.45) is 0 Å². The highest BCUT2D eigenvalue weighted by Crippen LogP contribution is 2.27. The number of hydrogen-bond donors (Lipinski definition) is 3. The molecule has 0 fully saturated rings. The first-order chi connectivity index (χ1) is 12.5. The van der Waals surface area contributed by atoms with Crippen molar-refractivity contribution < 1.29 is 4.79 Å². The third kappa shape index (κ3) is 4.42. The number of halogens is 1. The van der Waals surface area contributed by atoms with E-state index >= 15 is 0 Å². The lowest BCUT2D eigenvalue weighted by Crippen LogP contribution is -2.47. The molecular weight excluding hydrogens is 366 g/mol. The van der Waals surface area contributed by atoms with Crippen molar-refractivity contribution in [3.63, 3.8) is 0 Å². The normalized spacial score (nSPS) is 16.7. The fraction of sp³-hybridized carbons (Fsp3) is 0.200. The van der Waals surface area contributed by atoms with Crippen molar-refractivity contribution >= 4 is 34.8 Å². The quantitative estimate of drug-likeness (QED) is 0.689. The Balaban J connectivity index is 1.75. The molecule has 134 valence electrons. The topological polar surface area (TPSA) is 53.2 Å². The SMILES string of the molecule is CC1=C(C(=O)NCCc2ccccc2)C(c2ccc(Cl)cc2)NC(=S)N1. The van der Waals surface area contributed by atoms with Crippen LogP contribution in [0.3, 0.4) is 0 Å². The Morgan fingerprint density at radius 1 is 1.15 bits per heavy atom. The van der Waals surface area contributed by atoms with Gasteiger partial charge in [0.25, 0.3) is 5.91 Å². The fourth-order valence-corrected chi connectivity index (χ4v) is 3.36. The highest BCUT2D eigenvalue weighted by molar-refractivity contribution is 7.80. The lowest BCUT2D eigenvalue weighted by molar-refractivity contribution is -0.117. The van der Waals surface area contributed by atoms with Crippen LogP contribution in [0.2, 0.25) is 5.02 Å². The maximum absolute atomic E-state index is 12.8. The van der Waals surface area contributed by atoms with E-state index in [2.05, 4.69) is 28.1 Å². The monoisotopic (exact) mass is 385 g/mol. The molecule has 0 spiro atoms. The molecule has 1 atom stereocenters. The van der Waals surface area contributed by atoms with E-state index in [4.69, 9.17) is 23.8 Å². The van der Waals surface area contributed by atoms with Gasteiger partial charge in [-0.05, 0) is 48.8 Å². The Morgan fingerprint density at radius 3 is 2.54 bits per heavy atom. The number of hydrogen-bond acceptors (Lipinski definition) is 2. The van der Waals surface area contributed by atoms with Crippen LogP contribution >= 0.6 is 23.8 Å². The van der Waals surface area contributed by atoms with Crippen LogP contribution in [0.4, 0.5) is 0 Å². The minimum absolute atomic E-state index is 0.110. The summed E-state index contributed by atoms with van der Waals surface area (Å²) in [6.07, 6.45) is 0.782. The van der Waals surface area contributed by atoms with E-state index in [-0.39, 0.29) is 11.9 Å². The molecule has 26 heavy (non-hydrogen) atoms. The Morgan fingerprint density at radius 2 is 1.85 bits per heavy atom. The molecule has 1 aliphatic heterocycles. The van der Waals surface area contributed by atoms with Crippen molar-refractivity contribution in [1.29, 1.82) is 0 Å². The molecule has 2 aromatic rings. The summed E-state index contributed by atoms with van der Waals surface area (Å²) in [6, 6.07) is 17.2. The number of rotatable bonds is 5. The first-order valence-electron chi connectivity index (χ1n) is 8.40. The van der Waals surface area contributed by atoms with E-state index in [1.54, 1.807) is 0 Å². The zero-order valence-electron chi connectivity index (χ0n) is 14.4. The van der Waals surface area contributed by atoms with E-state index in [0.29, 0.717) is 22.3 Å². The van der Waals surface area contributed by atoms with Crippen LogP contribution in [0.1, 0.15) is 24.1 Å². The molecule has 3 rings (SSSR count). The van der Waals surface area contributed by atoms with Gasteiger partial charge in [0.1, 0.15) is 0 Å². The number of amides is 1. The van der Waals surface area contributed by atoms with Gasteiger partial charge in [-0.1, -0.05) is 54.1 Å². The summed E-state index contributed by atoms with van der Waals surface area (Å²) in [4.78, 5) is 12.8. The molecule has 0 saturated heterocycles. The van der Waals surface area contributed by atoms with Crippen LogP contribution in [0, 0.1) is 0 Å². The molecular formula is C20H20ClN3OS. The van der Waals surface area contributed by atoms with E-state index in [1.807, 2.05) is 49.4 Å². The zero-order valence-corrected chi connectivity index (χ0v) is 16.0. The molecule has 0 aromatic heterocycles. The summed E-state index contributed by atoms with van der Waals surface area (Å²) in [7, 11) is 0. The van der Waals surface area contributed by atoms with E-state index in [0.717, 1.165) is 17.7 Å². The van der Waals surface area contributed by atoms with Gasteiger partial charge in [0.2, 0.25) is 0 Å². The molecule has 6 heteroatoms. The van der Waals surface area contributed by atoms with Crippen LogP contribution in [0.5, 0.6) is 0 Å². The third-order valence-corrected chi connectivity index (χ3v) is 4.73. The van der Waals surface area contributed by atoms with Crippen LogP contribution in [-0.4, -0.2) is 17.6 Å². The van der Waals surface area contributed by atoms with Crippen LogP contribution in [0.15, 0.2) is 65.9 Å². The maximum atomic E-state index is 12.8. The van der Waals surface area contributed by atoms with E-state index in [1.165, 1.54) is 5.56 Å². The van der Waals surface area contributed by atoms with Gasteiger partial charge in [0.05, 0.1) is 11.6 Å². The lowest BCUT2D eigenvalue weighted by Gasteiger charge is -2.30. The van der Waals surface area contributed by atoms with Gasteiger partial charge in [-0.25, -0.2) is 0 Å². The van der Waals surface area contributed by atoms with Crippen molar-refractivity contribution in [3.8, 4) is 0 Å². The molecule has 1 heterocycles. The maximum Gasteiger partial charge on any atom is 0.251 e. The average Bonchev–Trinajstić information content (AvgIpc) is 2.62. The van der Waals surface area contributed by atoms with Crippen LogP contribution in [0.25, 0.3) is 0 Å². The molecule has 0 bridgehead atoms. The Kier molecular flexibility index (Phi) is 5.91. The van der Waals surface area contributed by atoms with Crippen molar-refractivity contribution in [3.05, 3.63) is 82.0 Å². The zero-order chi connectivity index (χ0) is 18.5. The molecule has 1 aliphatic rings. The Bertz CT molecular complexity index is 834. The predicted molar refractivity (Wildman–Crippen MR) is 109 cm³/mol. The third-order valence-electron chi connectivity index (χ3n) is 4.26. The minimum Gasteiger partial charge on any atom is -0.352 e. The predicted octanol–water partition coefficient (Wildman–Crippen LogP) is 3.49. The van der Waals surface area contributed by atoms with E-state index < -0.39 is 0 Å². The van der Waals surface area contributed by atoms with Gasteiger partial charge >= 0.3 is 0 Å². The van der Waals surface area contributed by atoms with Gasteiger partial charge in [-0.3, -0.25) is 4.79 Å². The number of allylic oxidation sites excluding steroid dienone is 1. The molecule has 3 N–H and O–H groups in total. The molecule has 1 unspecified atom stereocenters. The van der Waals surface area contributed by atoms with Gasteiger partial charge in [-0.15, -0.1) is 0 Å². The standard InChI is InChI=1S/C20H20ClN3OS/c1-13-17(19(25)22-12-11-14-5-3-2-4-6-14)18(24-20(26)23-13)15-7-9-16(21)10-8-15/h2-10,18H,11-12H2,1H3,(H,22,25)(H2,23,24,26). The fourth-order valence-electron chi connectivity index (χ4n) is 2.96. The van der Waals surface area contributed by atoms with E-state index in [9.17, 15) is 4.79 Å². The first kappa shape index (κ1) is 18.4. The second-order valence-corrected chi connectivity index (χ2v) is 6.96. The van der Waals surface area contributed by atoms with Crippen molar-refractivity contribution in [2.75, 3.05) is 6.54 Å². The summed E-state index contributed by atoms with van der Waals surface area (Å²) < 4.78 is 0. The molecule has 2 aromatic carbocycles. The Hall–Kier alpha value is -2.37. The number of carbonyl (C=O) groups excluding carboxylic acids is 1. The summed E-state index contributed by atoms with van der Waals surface area (Å²) >= 11 is 11.2. The van der Waals surface area contributed by atoms with Crippen molar-refractivity contribution in [1.82, 2.24) is 16.0 Å². The molecule has 4 nitrogen and oxygen atoms in total. The number of thiocarbonyl (C=S) groups is 1. The summed E-state index contributed by atoms with van der Waals surface area (Å²) in [5.74, 6) is -0.110. The van der Waals surface area contributed by atoms with Crippen molar-refractivity contribution in [2.45, 2.75) is 19.4 Å². The smallest absolute Gasteiger partial charge is 0.251 e. The molecule has 0 aliphatic carbocycles. The lowest BCUT2D eigenvalue weighted by atomic mass is 9.95. The minimum atomic E-state index is -0.308. The average molecular weight is 386 g/mol. The summed E-state index contributed by atoms with van der Waals surface area (Å²) in [6.45, 7) is 2.43. The summed E-state index contributed by atoms with van der Waals surface area (Å²) in [5, 5.41) is 10.4. The largest absolute Gasteiger partial charge is 0.352 e. The Labute approximate surface area is 163 Å².